The highest BCUT2D eigenvalue weighted by Gasteiger charge is 2.42. The maximum absolute atomic E-state index is 14.6. The normalized spacial score (nSPS) is 17.8. The second-order valence-corrected chi connectivity index (χ2v) is 8.16. The molecule has 0 radical (unpaired) electrons. The Kier molecular flexibility index (Phi) is 5.23. The summed E-state index contributed by atoms with van der Waals surface area (Å²) in [7, 11) is 1.46. The topological polar surface area (TPSA) is 74.0 Å². The maximum atomic E-state index is 14.6. The lowest BCUT2D eigenvalue weighted by atomic mass is 9.76. The highest BCUT2D eigenvalue weighted by Crippen LogP contribution is 2.38. The lowest BCUT2D eigenvalue weighted by molar-refractivity contribution is -0.140. The van der Waals surface area contributed by atoms with Gasteiger partial charge in [-0.15, -0.1) is 0 Å². The second-order valence-electron chi connectivity index (χ2n) is 8.16. The predicted octanol–water partition coefficient (Wildman–Crippen LogP) is 2.39. The molecule has 10 heteroatoms. The molecule has 1 N–H and O–H groups in total. The van der Waals surface area contributed by atoms with Gasteiger partial charge >= 0.3 is 6.18 Å². The van der Waals surface area contributed by atoms with Crippen LogP contribution in [0.5, 0.6) is 0 Å². The largest absolute Gasteiger partial charge is 0.419 e. The predicted molar refractivity (Wildman–Crippen MR) is 110 cm³/mol. The number of hydrogen-bond donors (Lipinski definition) is 1. The maximum Gasteiger partial charge on any atom is 0.419 e. The van der Waals surface area contributed by atoms with E-state index in [1.165, 1.54) is 20.0 Å². The quantitative estimate of drug-likeness (QED) is 0.729. The Hall–Kier alpha value is -3.35. The van der Waals surface area contributed by atoms with Gasteiger partial charge in [-0.3, -0.25) is 4.79 Å². The van der Waals surface area contributed by atoms with Crippen molar-refractivity contribution in [3.63, 3.8) is 0 Å². The molecule has 1 aliphatic heterocycles. The fraction of sp³-hybridized carbons (Fsp3) is 0.409. The van der Waals surface area contributed by atoms with Crippen LogP contribution in [-0.2, 0) is 13.2 Å². The summed E-state index contributed by atoms with van der Waals surface area (Å²) in [5.74, 6) is -1.13. The van der Waals surface area contributed by atoms with Crippen molar-refractivity contribution in [3.8, 4) is 6.07 Å². The molecule has 2 aliphatic rings. The number of rotatable bonds is 4. The van der Waals surface area contributed by atoms with Gasteiger partial charge in [-0.05, 0) is 32.3 Å². The van der Waals surface area contributed by atoms with Crippen LogP contribution in [0.3, 0.4) is 0 Å². The van der Waals surface area contributed by atoms with Crippen molar-refractivity contribution in [1.29, 1.82) is 5.26 Å². The van der Waals surface area contributed by atoms with Gasteiger partial charge in [0.25, 0.3) is 5.56 Å². The summed E-state index contributed by atoms with van der Waals surface area (Å²) >= 11 is 0. The van der Waals surface area contributed by atoms with Gasteiger partial charge in [0.2, 0.25) is 0 Å². The van der Waals surface area contributed by atoms with E-state index in [1.54, 1.807) is 12.3 Å². The molecule has 1 atom stereocenters. The molecule has 0 bridgehead atoms. The van der Waals surface area contributed by atoms with E-state index in [1.807, 2.05) is 4.90 Å². The Labute approximate surface area is 181 Å². The highest BCUT2D eigenvalue weighted by atomic mass is 19.4. The Balaban J connectivity index is 1.78. The number of alkyl halides is 3. The minimum absolute atomic E-state index is 0.173. The van der Waals surface area contributed by atoms with Crippen LogP contribution >= 0.6 is 0 Å². The van der Waals surface area contributed by atoms with E-state index >= 15 is 0 Å². The monoisotopic (exact) mass is 447 g/mol. The van der Waals surface area contributed by atoms with Gasteiger partial charge in [0, 0.05) is 30.6 Å². The molecule has 4 rings (SSSR count). The number of halogens is 4. The Morgan fingerprint density at radius 1 is 1.28 bits per heavy atom. The average Bonchev–Trinajstić information content (AvgIpc) is 2.70. The molecule has 1 aliphatic carbocycles. The SMILES string of the molecule is C[C@@H](Nc1nn(C)c(=O)c2c1=CN(C1(C#N)CCC1)CC=2)c1cccc(C(F)(F)F)c1F. The van der Waals surface area contributed by atoms with Crippen molar-refractivity contribution in [2.75, 3.05) is 11.9 Å². The third-order valence-electron chi connectivity index (χ3n) is 6.19. The summed E-state index contributed by atoms with van der Waals surface area (Å²) in [4.78, 5) is 14.5. The highest BCUT2D eigenvalue weighted by molar-refractivity contribution is 5.51. The molecule has 2 heterocycles. The minimum Gasteiger partial charge on any atom is -0.361 e. The molecule has 1 aromatic carbocycles. The molecule has 1 saturated carbocycles. The van der Waals surface area contributed by atoms with Gasteiger partial charge in [-0.25, -0.2) is 9.07 Å². The Morgan fingerprint density at radius 3 is 2.59 bits per heavy atom. The smallest absolute Gasteiger partial charge is 0.361 e. The van der Waals surface area contributed by atoms with Gasteiger partial charge in [-0.1, -0.05) is 18.2 Å². The zero-order valence-corrected chi connectivity index (χ0v) is 17.5. The Bertz CT molecular complexity index is 1290. The first-order chi connectivity index (χ1) is 15.1. The fourth-order valence-corrected chi connectivity index (χ4v) is 4.16. The first kappa shape index (κ1) is 21.9. The van der Waals surface area contributed by atoms with Crippen LogP contribution in [0.1, 0.15) is 43.4 Å². The fourth-order valence-electron chi connectivity index (χ4n) is 4.16. The van der Waals surface area contributed by atoms with Gasteiger partial charge in [-0.2, -0.15) is 23.5 Å². The van der Waals surface area contributed by atoms with E-state index in [0.717, 1.165) is 17.2 Å². The van der Waals surface area contributed by atoms with Crippen LogP contribution in [0.4, 0.5) is 23.4 Å². The van der Waals surface area contributed by atoms with E-state index in [-0.39, 0.29) is 16.9 Å². The van der Waals surface area contributed by atoms with Crippen LogP contribution in [0, 0.1) is 17.1 Å². The minimum atomic E-state index is -4.81. The summed E-state index contributed by atoms with van der Waals surface area (Å²) in [6.45, 7) is 1.90. The van der Waals surface area contributed by atoms with Gasteiger partial charge in [0.15, 0.2) is 5.82 Å². The third-order valence-corrected chi connectivity index (χ3v) is 6.19. The molecular formula is C22H21F4N5O. The van der Waals surface area contributed by atoms with E-state index in [9.17, 15) is 27.6 Å². The summed E-state index contributed by atoms with van der Waals surface area (Å²) in [5, 5.41) is 17.7. The number of nitrogens with zero attached hydrogens (tertiary/aromatic N) is 4. The van der Waals surface area contributed by atoms with Crippen LogP contribution in [0.25, 0.3) is 12.3 Å². The van der Waals surface area contributed by atoms with Crippen molar-refractivity contribution in [2.45, 2.75) is 43.9 Å². The van der Waals surface area contributed by atoms with Crippen LogP contribution in [0.2, 0.25) is 0 Å². The van der Waals surface area contributed by atoms with Gasteiger partial charge in [0.05, 0.1) is 22.9 Å². The molecule has 0 unspecified atom stereocenters. The third kappa shape index (κ3) is 3.51. The zero-order valence-electron chi connectivity index (χ0n) is 17.5. The van der Waals surface area contributed by atoms with Gasteiger partial charge < -0.3 is 10.2 Å². The van der Waals surface area contributed by atoms with E-state index in [2.05, 4.69) is 16.5 Å². The number of aromatic nitrogens is 2. The van der Waals surface area contributed by atoms with Gasteiger partial charge in [0.1, 0.15) is 11.4 Å². The first-order valence-electron chi connectivity index (χ1n) is 10.2. The molecular weight excluding hydrogens is 426 g/mol. The lowest BCUT2D eigenvalue weighted by Crippen LogP contribution is -2.56. The van der Waals surface area contributed by atoms with Crippen molar-refractivity contribution in [2.24, 2.45) is 7.05 Å². The number of hydrogen-bond acceptors (Lipinski definition) is 5. The summed E-state index contributed by atoms with van der Waals surface area (Å²) in [5.41, 5.74) is -2.50. The molecule has 1 fully saturated rings. The summed E-state index contributed by atoms with van der Waals surface area (Å²) < 4.78 is 55.1. The number of anilines is 1. The van der Waals surface area contributed by atoms with Crippen molar-refractivity contribution in [3.05, 3.63) is 55.9 Å². The molecule has 1 aromatic heterocycles. The van der Waals surface area contributed by atoms with Crippen LogP contribution in [-0.4, -0.2) is 26.8 Å². The summed E-state index contributed by atoms with van der Waals surface area (Å²) in [6.07, 6.45) is 0.940. The van der Waals surface area contributed by atoms with E-state index in [0.29, 0.717) is 35.9 Å². The molecule has 0 amide bonds. The second kappa shape index (κ2) is 7.65. The lowest BCUT2D eigenvalue weighted by Gasteiger charge is -2.45. The average molecular weight is 447 g/mol. The summed E-state index contributed by atoms with van der Waals surface area (Å²) in [6, 6.07) is 4.60. The van der Waals surface area contributed by atoms with Crippen molar-refractivity contribution >= 4 is 18.1 Å². The molecule has 0 spiro atoms. The molecule has 168 valence electrons. The standard InChI is InChI=1S/C22H21F4N5O/c1-13(14-5-3-6-17(18(14)23)22(24,25)26)28-19-16-11-31(21(12-27)8-4-9-21)10-7-15(16)20(32)30(2)29-19/h3,5-7,11,13H,4,8-10H2,1-2H3,(H,28,29)/t13-/m1/s1. The Morgan fingerprint density at radius 2 is 2.00 bits per heavy atom. The van der Waals surface area contributed by atoms with Crippen LogP contribution < -0.4 is 21.3 Å². The molecule has 0 saturated heterocycles. The molecule has 32 heavy (non-hydrogen) atoms. The van der Waals surface area contributed by atoms with Crippen LogP contribution in [0.15, 0.2) is 23.0 Å². The number of benzene rings is 1. The van der Waals surface area contributed by atoms with Crippen molar-refractivity contribution < 1.29 is 17.6 Å². The number of aryl methyl sites for hydroxylation is 1. The first-order valence-corrected chi connectivity index (χ1v) is 10.2. The molecule has 2 aromatic rings. The molecule has 6 nitrogen and oxygen atoms in total. The number of fused-ring (bicyclic) bond motifs is 1. The van der Waals surface area contributed by atoms with E-state index < -0.39 is 29.1 Å². The number of nitriles is 1. The number of nitrogens with one attached hydrogen (secondary N) is 1. The van der Waals surface area contributed by atoms with Crippen molar-refractivity contribution in [1.82, 2.24) is 14.7 Å². The zero-order chi connectivity index (χ0) is 23.3. The van der Waals surface area contributed by atoms with E-state index in [4.69, 9.17) is 0 Å².